The lowest BCUT2D eigenvalue weighted by atomic mass is 10.0. The van der Waals surface area contributed by atoms with E-state index in [1.807, 2.05) is 20.8 Å². The molecular formula is C8H19N3O. The van der Waals surface area contributed by atoms with E-state index >= 15 is 0 Å². The van der Waals surface area contributed by atoms with Gasteiger partial charge >= 0.3 is 6.03 Å². The number of nitrogens with zero attached hydrogens (tertiary/aromatic N) is 1. The van der Waals surface area contributed by atoms with Gasteiger partial charge in [-0.05, 0) is 20.3 Å². The predicted molar refractivity (Wildman–Crippen MR) is 49.7 cm³/mol. The molecule has 12 heavy (non-hydrogen) atoms. The summed E-state index contributed by atoms with van der Waals surface area (Å²) in [6.45, 7) is 6.01. The third kappa shape index (κ3) is 4.96. The Hall–Kier alpha value is -0.770. The molecule has 0 aromatic carbocycles. The molecule has 0 heterocycles. The number of urea groups is 1. The summed E-state index contributed by atoms with van der Waals surface area (Å²) >= 11 is 0. The highest BCUT2D eigenvalue weighted by Crippen LogP contribution is 2.05. The Labute approximate surface area is 74.3 Å². The first kappa shape index (κ1) is 11.2. The Morgan fingerprint density at radius 2 is 1.92 bits per heavy atom. The van der Waals surface area contributed by atoms with Crippen molar-refractivity contribution in [3.8, 4) is 0 Å². The highest BCUT2D eigenvalue weighted by molar-refractivity contribution is 5.74. The van der Waals surface area contributed by atoms with Gasteiger partial charge in [0.05, 0.1) is 0 Å². The van der Waals surface area contributed by atoms with Gasteiger partial charge in [0.1, 0.15) is 0 Å². The van der Waals surface area contributed by atoms with Crippen LogP contribution in [0, 0.1) is 0 Å². The highest BCUT2D eigenvalue weighted by Gasteiger charge is 2.17. The Morgan fingerprint density at radius 3 is 2.25 bits per heavy atom. The molecule has 0 saturated heterocycles. The zero-order chi connectivity index (χ0) is 9.78. The number of hydrogen-bond donors (Lipinski definition) is 2. The maximum absolute atomic E-state index is 11.2. The molecule has 0 unspecified atom stereocenters. The zero-order valence-electron chi connectivity index (χ0n) is 8.56. The Kier molecular flexibility index (Phi) is 4.03. The summed E-state index contributed by atoms with van der Waals surface area (Å²) in [6.07, 6.45) is 0.911. The minimum absolute atomic E-state index is 0.139. The molecule has 2 N–H and O–H groups in total. The second kappa shape index (κ2) is 4.30. The SMILES string of the molecule is CCC(C)(C)NC(=O)NN(C)C. The quantitative estimate of drug-likeness (QED) is 0.624. The van der Waals surface area contributed by atoms with Crippen molar-refractivity contribution in [3.63, 3.8) is 0 Å². The lowest BCUT2D eigenvalue weighted by molar-refractivity contribution is 0.201. The number of carbonyl (C=O) groups is 1. The summed E-state index contributed by atoms with van der Waals surface area (Å²) in [5, 5.41) is 4.46. The van der Waals surface area contributed by atoms with E-state index in [1.165, 1.54) is 0 Å². The average molecular weight is 173 g/mol. The Morgan fingerprint density at radius 1 is 1.42 bits per heavy atom. The van der Waals surface area contributed by atoms with Crippen LogP contribution in [-0.2, 0) is 0 Å². The molecule has 2 amide bonds. The lowest BCUT2D eigenvalue weighted by Crippen LogP contribution is -2.51. The van der Waals surface area contributed by atoms with Crippen molar-refractivity contribution in [1.82, 2.24) is 15.8 Å². The second-order valence-electron chi connectivity index (χ2n) is 3.70. The minimum Gasteiger partial charge on any atom is -0.332 e. The first-order valence-electron chi connectivity index (χ1n) is 4.13. The van der Waals surface area contributed by atoms with E-state index in [-0.39, 0.29) is 11.6 Å². The smallest absolute Gasteiger partial charge is 0.329 e. The van der Waals surface area contributed by atoms with Gasteiger partial charge in [-0.2, -0.15) is 0 Å². The molecule has 4 nitrogen and oxygen atoms in total. The van der Waals surface area contributed by atoms with Crippen LogP contribution in [0.1, 0.15) is 27.2 Å². The van der Waals surface area contributed by atoms with Crippen molar-refractivity contribution in [2.24, 2.45) is 0 Å². The van der Waals surface area contributed by atoms with Gasteiger partial charge in [-0.15, -0.1) is 0 Å². The molecule has 0 aliphatic rings. The first-order chi connectivity index (χ1) is 5.37. The van der Waals surface area contributed by atoms with Crippen molar-refractivity contribution in [2.45, 2.75) is 32.7 Å². The summed E-state index contributed by atoms with van der Waals surface area (Å²) < 4.78 is 0. The molecule has 0 bridgehead atoms. The van der Waals surface area contributed by atoms with Crippen LogP contribution in [0.2, 0.25) is 0 Å². The molecule has 0 aliphatic carbocycles. The summed E-state index contributed by atoms with van der Waals surface area (Å²) in [5.74, 6) is 0. The maximum Gasteiger partial charge on any atom is 0.329 e. The highest BCUT2D eigenvalue weighted by atomic mass is 16.2. The number of rotatable bonds is 3. The van der Waals surface area contributed by atoms with Crippen LogP contribution in [0.15, 0.2) is 0 Å². The molecule has 0 atom stereocenters. The molecule has 0 aromatic rings. The Bertz CT molecular complexity index is 154. The van der Waals surface area contributed by atoms with Gasteiger partial charge < -0.3 is 5.32 Å². The molecule has 0 aromatic heterocycles. The standard InChI is InChI=1S/C8H19N3O/c1-6-8(2,3)9-7(12)10-11(4)5/h6H2,1-5H3,(H2,9,10,12). The van der Waals surface area contributed by atoms with Crippen LogP contribution in [-0.4, -0.2) is 30.7 Å². The Balaban J connectivity index is 3.84. The van der Waals surface area contributed by atoms with Crippen molar-refractivity contribution in [3.05, 3.63) is 0 Å². The molecule has 0 saturated carbocycles. The van der Waals surface area contributed by atoms with Gasteiger partial charge in [0.2, 0.25) is 0 Å². The van der Waals surface area contributed by atoms with E-state index in [9.17, 15) is 4.79 Å². The topological polar surface area (TPSA) is 44.4 Å². The number of nitrogens with one attached hydrogen (secondary N) is 2. The van der Waals surface area contributed by atoms with Crippen LogP contribution in [0.4, 0.5) is 4.79 Å². The number of carbonyl (C=O) groups excluding carboxylic acids is 1. The molecule has 4 heteroatoms. The van der Waals surface area contributed by atoms with Crippen molar-refractivity contribution >= 4 is 6.03 Å². The van der Waals surface area contributed by atoms with Gasteiger partial charge in [0.25, 0.3) is 0 Å². The summed E-state index contributed by atoms with van der Waals surface area (Å²) in [7, 11) is 3.55. The molecule has 0 spiro atoms. The van der Waals surface area contributed by atoms with Crippen molar-refractivity contribution in [1.29, 1.82) is 0 Å². The van der Waals surface area contributed by atoms with E-state index in [1.54, 1.807) is 19.1 Å². The van der Waals surface area contributed by atoms with E-state index < -0.39 is 0 Å². The maximum atomic E-state index is 11.2. The summed E-state index contributed by atoms with van der Waals surface area (Å²) in [5.41, 5.74) is 2.48. The van der Waals surface area contributed by atoms with Crippen LogP contribution in [0.3, 0.4) is 0 Å². The van der Waals surface area contributed by atoms with E-state index in [2.05, 4.69) is 10.7 Å². The number of amides is 2. The first-order valence-corrected chi connectivity index (χ1v) is 4.13. The lowest BCUT2D eigenvalue weighted by Gasteiger charge is -2.25. The van der Waals surface area contributed by atoms with E-state index in [4.69, 9.17) is 0 Å². The van der Waals surface area contributed by atoms with Gasteiger partial charge in [-0.3, -0.25) is 5.43 Å². The van der Waals surface area contributed by atoms with Gasteiger partial charge in [0.15, 0.2) is 0 Å². The van der Waals surface area contributed by atoms with Crippen LogP contribution in [0.5, 0.6) is 0 Å². The number of hydrazine groups is 1. The van der Waals surface area contributed by atoms with Gasteiger partial charge in [0, 0.05) is 19.6 Å². The van der Waals surface area contributed by atoms with Gasteiger partial charge in [-0.25, -0.2) is 9.80 Å². The second-order valence-corrected chi connectivity index (χ2v) is 3.70. The minimum atomic E-state index is -0.160. The zero-order valence-corrected chi connectivity index (χ0v) is 8.56. The predicted octanol–water partition coefficient (Wildman–Crippen LogP) is 0.951. The molecule has 0 aliphatic heterocycles. The fourth-order valence-electron chi connectivity index (χ4n) is 0.627. The van der Waals surface area contributed by atoms with Gasteiger partial charge in [-0.1, -0.05) is 6.92 Å². The van der Waals surface area contributed by atoms with Crippen LogP contribution in [0.25, 0.3) is 0 Å². The fraction of sp³-hybridized carbons (Fsp3) is 0.875. The average Bonchev–Trinajstić information content (AvgIpc) is 1.84. The molecular weight excluding hydrogens is 154 g/mol. The fourth-order valence-corrected chi connectivity index (χ4v) is 0.627. The summed E-state index contributed by atoms with van der Waals surface area (Å²) in [4.78, 5) is 11.2. The molecule has 0 radical (unpaired) electrons. The van der Waals surface area contributed by atoms with Crippen molar-refractivity contribution in [2.75, 3.05) is 14.1 Å². The molecule has 0 fully saturated rings. The third-order valence-corrected chi connectivity index (χ3v) is 1.66. The van der Waals surface area contributed by atoms with Crippen LogP contribution >= 0.6 is 0 Å². The molecule has 0 rings (SSSR count). The third-order valence-electron chi connectivity index (χ3n) is 1.66. The normalized spacial score (nSPS) is 11.5. The largest absolute Gasteiger partial charge is 0.332 e. The van der Waals surface area contributed by atoms with Crippen LogP contribution < -0.4 is 10.7 Å². The molecule has 72 valence electrons. The van der Waals surface area contributed by atoms with E-state index in [0.29, 0.717) is 0 Å². The number of hydrogen-bond acceptors (Lipinski definition) is 2. The van der Waals surface area contributed by atoms with E-state index in [0.717, 1.165) is 6.42 Å². The summed E-state index contributed by atoms with van der Waals surface area (Å²) in [6, 6.07) is -0.160. The monoisotopic (exact) mass is 173 g/mol. The van der Waals surface area contributed by atoms with Crippen molar-refractivity contribution < 1.29 is 4.79 Å².